The van der Waals surface area contributed by atoms with Crippen molar-refractivity contribution in [2.24, 2.45) is 4.99 Å². The lowest BCUT2D eigenvalue weighted by Gasteiger charge is -2.30. The van der Waals surface area contributed by atoms with E-state index in [0.29, 0.717) is 6.54 Å². The van der Waals surface area contributed by atoms with Gasteiger partial charge in [0.2, 0.25) is 0 Å². The number of hydrogen-bond donors (Lipinski definition) is 2. The molecule has 1 aromatic rings. The number of ether oxygens (including phenoxy) is 1. The number of carbonyl (C=O) groups is 1. The van der Waals surface area contributed by atoms with Crippen LogP contribution in [-0.4, -0.2) is 48.7 Å². The van der Waals surface area contributed by atoms with Crippen LogP contribution in [0.5, 0.6) is 0 Å². The normalized spacial score (nSPS) is 11.7. The second kappa shape index (κ2) is 12.4. The molecule has 0 aliphatic rings. The Morgan fingerprint density at radius 2 is 2.04 bits per heavy atom. The summed E-state index contributed by atoms with van der Waals surface area (Å²) in [6, 6.07) is 2.19. The first-order chi connectivity index (χ1) is 11.7. The van der Waals surface area contributed by atoms with Gasteiger partial charge in [-0.25, -0.2) is 4.79 Å². The lowest BCUT2D eigenvalue weighted by Crippen LogP contribution is -2.43. The predicted molar refractivity (Wildman–Crippen MR) is 121 cm³/mol. The maximum atomic E-state index is 12.3. The molecule has 8 heteroatoms. The van der Waals surface area contributed by atoms with Crippen molar-refractivity contribution in [1.29, 1.82) is 0 Å². The van der Waals surface area contributed by atoms with Crippen LogP contribution in [0.2, 0.25) is 0 Å². The van der Waals surface area contributed by atoms with E-state index in [-0.39, 0.29) is 36.1 Å². The van der Waals surface area contributed by atoms with E-state index >= 15 is 0 Å². The van der Waals surface area contributed by atoms with Gasteiger partial charge < -0.3 is 20.3 Å². The summed E-state index contributed by atoms with van der Waals surface area (Å²) in [6.07, 6.45) is 0.554. The van der Waals surface area contributed by atoms with Gasteiger partial charge in [0.25, 0.3) is 0 Å². The minimum Gasteiger partial charge on any atom is -0.444 e. The van der Waals surface area contributed by atoms with Gasteiger partial charge in [0.15, 0.2) is 5.96 Å². The van der Waals surface area contributed by atoms with Gasteiger partial charge in [-0.3, -0.25) is 4.99 Å². The SMILES string of the molecule is CN=C(NCCCN(C(=O)OC(C)(C)C)C(C)C)NCc1ccsc1.I. The first-order valence-corrected chi connectivity index (χ1v) is 9.62. The van der Waals surface area contributed by atoms with E-state index in [4.69, 9.17) is 4.74 Å². The molecule has 0 aromatic carbocycles. The minimum atomic E-state index is -0.476. The van der Waals surface area contributed by atoms with Crippen LogP contribution < -0.4 is 10.6 Å². The summed E-state index contributed by atoms with van der Waals surface area (Å²) in [5, 5.41) is 10.7. The van der Waals surface area contributed by atoms with Gasteiger partial charge in [-0.15, -0.1) is 24.0 Å². The smallest absolute Gasteiger partial charge is 0.410 e. The molecule has 0 saturated carbocycles. The molecular weight excluding hydrogens is 463 g/mol. The molecule has 26 heavy (non-hydrogen) atoms. The lowest BCUT2D eigenvalue weighted by atomic mass is 10.2. The molecule has 0 atom stereocenters. The topological polar surface area (TPSA) is 66.0 Å². The summed E-state index contributed by atoms with van der Waals surface area (Å²) in [7, 11) is 1.75. The lowest BCUT2D eigenvalue weighted by molar-refractivity contribution is 0.0190. The standard InChI is InChI=1S/C18H32N4O2S.HI/c1-14(2)22(17(23)24-18(3,4)5)10-7-9-20-16(19-6)21-12-15-8-11-25-13-15;/h8,11,13-14H,7,9-10,12H2,1-6H3,(H2,19,20,21);1H. The van der Waals surface area contributed by atoms with E-state index < -0.39 is 5.60 Å². The molecule has 0 saturated heterocycles. The molecule has 150 valence electrons. The van der Waals surface area contributed by atoms with Crippen LogP contribution >= 0.6 is 35.3 Å². The van der Waals surface area contributed by atoms with Crippen molar-refractivity contribution in [2.75, 3.05) is 20.1 Å². The van der Waals surface area contributed by atoms with E-state index in [2.05, 4.69) is 32.5 Å². The first kappa shape index (κ1) is 25.0. The Balaban J connectivity index is 0.00000625. The van der Waals surface area contributed by atoms with Gasteiger partial charge in [0, 0.05) is 32.7 Å². The van der Waals surface area contributed by atoms with Gasteiger partial charge in [-0.05, 0) is 63.4 Å². The number of halogens is 1. The summed E-state index contributed by atoms with van der Waals surface area (Å²) in [4.78, 5) is 18.2. The molecule has 0 aliphatic carbocycles. The number of nitrogens with one attached hydrogen (secondary N) is 2. The Morgan fingerprint density at radius 3 is 2.54 bits per heavy atom. The van der Waals surface area contributed by atoms with Crippen molar-refractivity contribution >= 4 is 47.4 Å². The Bertz CT molecular complexity index is 542. The molecule has 0 unspecified atom stereocenters. The Kier molecular flexibility index (Phi) is 11.9. The number of aliphatic imine (C=N–C) groups is 1. The molecule has 0 bridgehead atoms. The number of hydrogen-bond acceptors (Lipinski definition) is 4. The molecule has 6 nitrogen and oxygen atoms in total. The number of carbonyl (C=O) groups excluding carboxylic acids is 1. The van der Waals surface area contributed by atoms with Gasteiger partial charge in [-0.1, -0.05) is 0 Å². The summed E-state index contributed by atoms with van der Waals surface area (Å²) in [5.41, 5.74) is 0.764. The molecule has 0 fully saturated rings. The molecular formula is C18H33IN4O2S. The third-order valence-electron chi connectivity index (χ3n) is 3.38. The number of nitrogens with zero attached hydrogens (tertiary/aromatic N) is 2. The zero-order valence-electron chi connectivity index (χ0n) is 16.7. The van der Waals surface area contributed by atoms with Crippen molar-refractivity contribution in [3.8, 4) is 0 Å². The van der Waals surface area contributed by atoms with Crippen LogP contribution in [0.25, 0.3) is 0 Å². The van der Waals surface area contributed by atoms with Crippen molar-refractivity contribution in [3.05, 3.63) is 22.4 Å². The molecule has 2 N–H and O–H groups in total. The number of thiophene rings is 1. The van der Waals surface area contributed by atoms with E-state index in [1.54, 1.807) is 23.3 Å². The Labute approximate surface area is 178 Å². The average molecular weight is 496 g/mol. The van der Waals surface area contributed by atoms with E-state index in [0.717, 1.165) is 25.5 Å². The molecule has 0 radical (unpaired) electrons. The van der Waals surface area contributed by atoms with E-state index in [1.165, 1.54) is 5.56 Å². The maximum Gasteiger partial charge on any atom is 0.410 e. The fraction of sp³-hybridized carbons (Fsp3) is 0.667. The van der Waals surface area contributed by atoms with Gasteiger partial charge >= 0.3 is 6.09 Å². The van der Waals surface area contributed by atoms with Crippen LogP contribution in [0.4, 0.5) is 4.79 Å². The largest absolute Gasteiger partial charge is 0.444 e. The van der Waals surface area contributed by atoms with Crippen LogP contribution in [0.3, 0.4) is 0 Å². The first-order valence-electron chi connectivity index (χ1n) is 8.68. The van der Waals surface area contributed by atoms with E-state index in [1.807, 2.05) is 34.6 Å². The zero-order chi connectivity index (χ0) is 18.9. The minimum absolute atomic E-state index is 0. The second-order valence-electron chi connectivity index (χ2n) is 7.11. The van der Waals surface area contributed by atoms with Crippen molar-refractivity contribution in [1.82, 2.24) is 15.5 Å². The molecule has 1 amide bonds. The molecule has 1 rings (SSSR count). The fourth-order valence-electron chi connectivity index (χ4n) is 2.14. The monoisotopic (exact) mass is 496 g/mol. The quantitative estimate of drug-likeness (QED) is 0.259. The van der Waals surface area contributed by atoms with Crippen molar-refractivity contribution < 1.29 is 9.53 Å². The van der Waals surface area contributed by atoms with E-state index in [9.17, 15) is 4.79 Å². The van der Waals surface area contributed by atoms with Crippen LogP contribution in [0.1, 0.15) is 46.6 Å². The second-order valence-corrected chi connectivity index (χ2v) is 7.89. The highest BCUT2D eigenvalue weighted by Crippen LogP contribution is 2.12. The summed E-state index contributed by atoms with van der Waals surface area (Å²) in [6.45, 7) is 11.8. The average Bonchev–Trinajstić information content (AvgIpc) is 3.01. The fourth-order valence-corrected chi connectivity index (χ4v) is 2.81. The molecule has 1 aromatic heterocycles. The van der Waals surface area contributed by atoms with Gasteiger partial charge in [0.1, 0.15) is 5.60 Å². The predicted octanol–water partition coefficient (Wildman–Crippen LogP) is 4.07. The van der Waals surface area contributed by atoms with Gasteiger partial charge in [-0.2, -0.15) is 11.3 Å². The third kappa shape index (κ3) is 10.2. The number of amides is 1. The summed E-state index contributed by atoms with van der Waals surface area (Å²) in [5.74, 6) is 0.763. The molecule has 0 aliphatic heterocycles. The summed E-state index contributed by atoms with van der Waals surface area (Å²) >= 11 is 1.68. The van der Waals surface area contributed by atoms with Crippen LogP contribution in [0, 0.1) is 0 Å². The highest BCUT2D eigenvalue weighted by molar-refractivity contribution is 14.0. The molecule has 0 spiro atoms. The van der Waals surface area contributed by atoms with Crippen molar-refractivity contribution in [3.63, 3.8) is 0 Å². The molecule has 1 heterocycles. The zero-order valence-corrected chi connectivity index (χ0v) is 19.8. The highest BCUT2D eigenvalue weighted by Gasteiger charge is 2.23. The maximum absolute atomic E-state index is 12.3. The highest BCUT2D eigenvalue weighted by atomic mass is 127. The van der Waals surface area contributed by atoms with Crippen LogP contribution in [-0.2, 0) is 11.3 Å². The Morgan fingerprint density at radius 1 is 1.35 bits per heavy atom. The van der Waals surface area contributed by atoms with Gasteiger partial charge in [0.05, 0.1) is 0 Å². The van der Waals surface area contributed by atoms with Crippen molar-refractivity contribution in [2.45, 2.75) is 59.2 Å². The number of guanidine groups is 1. The summed E-state index contributed by atoms with van der Waals surface area (Å²) < 4.78 is 5.47. The Hall–Kier alpha value is -1.03. The third-order valence-corrected chi connectivity index (χ3v) is 4.12. The van der Waals surface area contributed by atoms with Crippen LogP contribution in [0.15, 0.2) is 21.8 Å². The number of rotatable bonds is 7.